The number of hydrogen-bond acceptors (Lipinski definition) is 1. The molecule has 1 N–H and O–H groups in total. The van der Waals surface area contributed by atoms with E-state index in [-0.39, 0.29) is 0 Å². The Bertz CT molecular complexity index is 889. The van der Waals surface area contributed by atoms with Crippen molar-refractivity contribution in [2.45, 2.75) is 13.8 Å². The van der Waals surface area contributed by atoms with Crippen LogP contribution in [0.25, 0.3) is 11.1 Å². The SMILES string of the molecule is Cc1ccc(Nc2ccc(C)c(-c3ccc(I)cc3)c2Br)c(Br)c1. The van der Waals surface area contributed by atoms with Gasteiger partial charge < -0.3 is 5.32 Å². The number of benzene rings is 3. The van der Waals surface area contributed by atoms with Crippen LogP contribution in [0.5, 0.6) is 0 Å². The molecule has 1 nitrogen and oxygen atoms in total. The molecular weight excluding hydrogens is 541 g/mol. The van der Waals surface area contributed by atoms with E-state index in [9.17, 15) is 0 Å². The maximum Gasteiger partial charge on any atom is 0.0535 e. The third kappa shape index (κ3) is 3.86. The van der Waals surface area contributed by atoms with Crippen molar-refractivity contribution in [1.29, 1.82) is 0 Å². The topological polar surface area (TPSA) is 12.0 Å². The van der Waals surface area contributed by atoms with Gasteiger partial charge in [0.25, 0.3) is 0 Å². The first-order chi connectivity index (χ1) is 11.5. The van der Waals surface area contributed by atoms with Gasteiger partial charge >= 0.3 is 0 Å². The molecule has 0 amide bonds. The van der Waals surface area contributed by atoms with E-state index >= 15 is 0 Å². The Balaban J connectivity index is 2.04. The number of anilines is 2. The number of nitrogens with one attached hydrogen (secondary N) is 1. The Morgan fingerprint density at radius 3 is 2.17 bits per heavy atom. The summed E-state index contributed by atoms with van der Waals surface area (Å²) in [5.74, 6) is 0. The van der Waals surface area contributed by atoms with Gasteiger partial charge in [0.1, 0.15) is 0 Å². The highest BCUT2D eigenvalue weighted by Crippen LogP contribution is 2.39. The second kappa shape index (κ2) is 7.58. The zero-order chi connectivity index (χ0) is 17.3. The van der Waals surface area contributed by atoms with E-state index in [1.807, 2.05) is 0 Å². The van der Waals surface area contributed by atoms with Crippen molar-refractivity contribution in [1.82, 2.24) is 0 Å². The van der Waals surface area contributed by atoms with Gasteiger partial charge in [-0.2, -0.15) is 0 Å². The van der Waals surface area contributed by atoms with Crippen LogP contribution >= 0.6 is 54.5 Å². The highest BCUT2D eigenvalue weighted by Gasteiger charge is 2.12. The predicted molar refractivity (Wildman–Crippen MR) is 119 cm³/mol. The van der Waals surface area contributed by atoms with E-state index in [2.05, 4.69) is 128 Å². The quantitative estimate of drug-likeness (QED) is 0.324. The highest BCUT2D eigenvalue weighted by atomic mass is 127. The van der Waals surface area contributed by atoms with Crippen LogP contribution in [0.1, 0.15) is 11.1 Å². The summed E-state index contributed by atoms with van der Waals surface area (Å²) in [4.78, 5) is 0. The first-order valence-electron chi connectivity index (χ1n) is 7.54. The fourth-order valence-corrected chi connectivity index (χ4v) is 4.33. The van der Waals surface area contributed by atoms with Crippen LogP contribution in [-0.2, 0) is 0 Å². The van der Waals surface area contributed by atoms with Crippen LogP contribution in [0.15, 0.2) is 63.5 Å². The summed E-state index contributed by atoms with van der Waals surface area (Å²) in [6.07, 6.45) is 0. The van der Waals surface area contributed by atoms with Crippen molar-refractivity contribution in [2.24, 2.45) is 0 Å². The lowest BCUT2D eigenvalue weighted by molar-refractivity contribution is 1.40. The Hall–Kier alpha value is -0.850. The van der Waals surface area contributed by atoms with Crippen LogP contribution in [0.3, 0.4) is 0 Å². The van der Waals surface area contributed by atoms with Crippen LogP contribution < -0.4 is 5.32 Å². The Labute approximate surface area is 173 Å². The molecular formula is C20H16Br2IN. The first-order valence-corrected chi connectivity index (χ1v) is 10.2. The van der Waals surface area contributed by atoms with Crippen LogP contribution in [0, 0.1) is 17.4 Å². The molecule has 0 aliphatic carbocycles. The Morgan fingerprint density at radius 2 is 1.50 bits per heavy atom. The van der Waals surface area contributed by atoms with Gasteiger partial charge in [-0.3, -0.25) is 0 Å². The van der Waals surface area contributed by atoms with E-state index in [0.717, 1.165) is 20.3 Å². The van der Waals surface area contributed by atoms with Gasteiger partial charge in [-0.1, -0.05) is 24.3 Å². The molecule has 0 radical (unpaired) electrons. The van der Waals surface area contributed by atoms with Crippen LogP contribution in [0.4, 0.5) is 11.4 Å². The molecule has 0 fully saturated rings. The molecule has 0 unspecified atom stereocenters. The Morgan fingerprint density at radius 1 is 0.833 bits per heavy atom. The molecule has 0 saturated heterocycles. The zero-order valence-electron chi connectivity index (χ0n) is 13.3. The molecule has 0 aromatic heterocycles. The summed E-state index contributed by atoms with van der Waals surface area (Å²) in [6.45, 7) is 4.23. The van der Waals surface area contributed by atoms with E-state index in [4.69, 9.17) is 0 Å². The molecule has 0 spiro atoms. The number of hydrogen-bond donors (Lipinski definition) is 1. The third-order valence-corrected chi connectivity index (χ3v) is 6.08. The molecule has 122 valence electrons. The van der Waals surface area contributed by atoms with Crippen molar-refractivity contribution >= 4 is 65.8 Å². The number of rotatable bonds is 3. The predicted octanol–water partition coefficient (Wildman–Crippen LogP) is 7.84. The van der Waals surface area contributed by atoms with Crippen molar-refractivity contribution in [3.8, 4) is 11.1 Å². The minimum Gasteiger partial charge on any atom is -0.354 e. The summed E-state index contributed by atoms with van der Waals surface area (Å²) < 4.78 is 3.38. The van der Waals surface area contributed by atoms with Gasteiger partial charge in [0.05, 0.1) is 11.4 Å². The second-order valence-corrected chi connectivity index (χ2v) is 8.63. The van der Waals surface area contributed by atoms with Crippen molar-refractivity contribution < 1.29 is 0 Å². The highest BCUT2D eigenvalue weighted by molar-refractivity contribution is 14.1. The fraction of sp³-hybridized carbons (Fsp3) is 0.100. The summed E-state index contributed by atoms with van der Waals surface area (Å²) in [5, 5.41) is 3.52. The molecule has 0 heterocycles. The van der Waals surface area contributed by atoms with E-state index in [0.29, 0.717) is 0 Å². The van der Waals surface area contributed by atoms with E-state index in [1.54, 1.807) is 0 Å². The normalized spacial score (nSPS) is 10.7. The molecule has 0 saturated carbocycles. The summed E-state index contributed by atoms with van der Waals surface area (Å²) in [7, 11) is 0. The maximum absolute atomic E-state index is 3.80. The second-order valence-electron chi connectivity index (χ2n) is 5.73. The largest absolute Gasteiger partial charge is 0.354 e. The minimum atomic E-state index is 1.05. The van der Waals surface area contributed by atoms with Crippen molar-refractivity contribution in [3.05, 3.63) is 78.2 Å². The molecule has 3 aromatic carbocycles. The molecule has 3 rings (SSSR count). The van der Waals surface area contributed by atoms with Crippen molar-refractivity contribution in [2.75, 3.05) is 5.32 Å². The molecule has 0 bridgehead atoms. The molecule has 3 aromatic rings. The lowest BCUT2D eigenvalue weighted by Crippen LogP contribution is -1.96. The number of halogens is 3. The Kier molecular flexibility index (Phi) is 5.67. The maximum atomic E-state index is 3.80. The smallest absolute Gasteiger partial charge is 0.0535 e. The van der Waals surface area contributed by atoms with Crippen LogP contribution in [0.2, 0.25) is 0 Å². The van der Waals surface area contributed by atoms with Gasteiger partial charge in [-0.05, 0) is 115 Å². The third-order valence-electron chi connectivity index (χ3n) is 3.88. The first kappa shape index (κ1) is 18.0. The van der Waals surface area contributed by atoms with E-state index < -0.39 is 0 Å². The summed E-state index contributed by atoms with van der Waals surface area (Å²) in [6, 6.07) is 19.2. The van der Waals surface area contributed by atoms with Gasteiger partial charge in [0.2, 0.25) is 0 Å². The number of aryl methyl sites for hydroxylation is 2. The average molecular weight is 557 g/mol. The lowest BCUT2D eigenvalue weighted by Gasteiger charge is -2.16. The molecule has 4 heteroatoms. The molecule has 0 atom stereocenters. The molecule has 0 aliphatic rings. The van der Waals surface area contributed by atoms with Gasteiger partial charge in [0.15, 0.2) is 0 Å². The van der Waals surface area contributed by atoms with Crippen LogP contribution in [-0.4, -0.2) is 0 Å². The standard InChI is InChI=1S/C20H16Br2IN/c1-12-3-9-17(16(21)11-12)24-18-10-4-13(2)19(20(18)22)14-5-7-15(23)8-6-14/h3-11,24H,1-2H3. The fourth-order valence-electron chi connectivity index (χ4n) is 2.61. The van der Waals surface area contributed by atoms with Gasteiger partial charge in [-0.25, -0.2) is 0 Å². The lowest BCUT2D eigenvalue weighted by atomic mass is 10.00. The van der Waals surface area contributed by atoms with E-state index in [1.165, 1.54) is 25.8 Å². The summed E-state index contributed by atoms with van der Waals surface area (Å²) >= 11 is 9.77. The van der Waals surface area contributed by atoms with Gasteiger partial charge in [0, 0.05) is 18.1 Å². The average Bonchev–Trinajstić information content (AvgIpc) is 2.54. The van der Waals surface area contributed by atoms with Gasteiger partial charge in [-0.15, -0.1) is 0 Å². The molecule has 0 aliphatic heterocycles. The summed E-state index contributed by atoms with van der Waals surface area (Å²) in [5.41, 5.74) is 7.02. The molecule has 24 heavy (non-hydrogen) atoms. The van der Waals surface area contributed by atoms with Crippen molar-refractivity contribution in [3.63, 3.8) is 0 Å². The zero-order valence-corrected chi connectivity index (χ0v) is 18.7. The monoisotopic (exact) mass is 555 g/mol. The minimum absolute atomic E-state index is 1.05.